The van der Waals surface area contributed by atoms with E-state index in [4.69, 9.17) is 13.7 Å². The van der Waals surface area contributed by atoms with Crippen LogP contribution in [0.15, 0.2) is 57.6 Å². The summed E-state index contributed by atoms with van der Waals surface area (Å²) >= 11 is 0. The van der Waals surface area contributed by atoms with Gasteiger partial charge in [-0.15, -0.1) is 0 Å². The van der Waals surface area contributed by atoms with Crippen molar-refractivity contribution in [2.75, 3.05) is 38.2 Å². The van der Waals surface area contributed by atoms with Gasteiger partial charge in [0.2, 0.25) is 5.91 Å². The number of hydrogen-bond acceptors (Lipinski definition) is 7. The molecule has 0 spiro atoms. The molecule has 2 aromatic carbocycles. The second-order valence-corrected chi connectivity index (χ2v) is 7.80. The first kappa shape index (κ1) is 20.1. The van der Waals surface area contributed by atoms with Crippen LogP contribution in [0.2, 0.25) is 0 Å². The van der Waals surface area contributed by atoms with Gasteiger partial charge >= 0.3 is 0 Å². The summed E-state index contributed by atoms with van der Waals surface area (Å²) in [5.41, 5.74) is 3.32. The number of methoxy groups -OCH3 is 1. The van der Waals surface area contributed by atoms with Crippen LogP contribution in [0.1, 0.15) is 11.6 Å². The summed E-state index contributed by atoms with van der Waals surface area (Å²) in [5.74, 6) is 2.10. The Kier molecular flexibility index (Phi) is 5.26. The number of oxazole rings is 1. The van der Waals surface area contributed by atoms with E-state index < -0.39 is 0 Å². The fourth-order valence-corrected chi connectivity index (χ4v) is 4.10. The van der Waals surface area contributed by atoms with Crippen LogP contribution < -0.4 is 9.64 Å². The van der Waals surface area contributed by atoms with Crippen molar-refractivity contribution in [1.29, 1.82) is 0 Å². The molecule has 4 aromatic rings. The number of para-hydroxylation sites is 1. The third kappa shape index (κ3) is 3.79. The maximum Gasteiger partial charge on any atom is 0.228 e. The van der Waals surface area contributed by atoms with Gasteiger partial charge in [-0.2, -0.15) is 0 Å². The minimum absolute atomic E-state index is 0.0670. The highest BCUT2D eigenvalue weighted by molar-refractivity contribution is 5.86. The standard InChI is InChI=1S/C24H24N4O4/c1-16-25-15-23(31-16)19-8-7-17(13-22(19)30-2)27-9-11-28(12-10-27)24(29)14-20-18-5-3-4-6-21(18)32-26-20/h3-8,13,15H,9-12,14H2,1-2H3. The van der Waals surface area contributed by atoms with Crippen molar-refractivity contribution < 1.29 is 18.5 Å². The van der Waals surface area contributed by atoms with Crippen molar-refractivity contribution in [3.8, 4) is 17.1 Å². The Labute approximate surface area is 185 Å². The lowest BCUT2D eigenvalue weighted by atomic mass is 10.1. The van der Waals surface area contributed by atoms with Gasteiger partial charge < -0.3 is 23.5 Å². The molecule has 32 heavy (non-hydrogen) atoms. The predicted octanol–water partition coefficient (Wildman–Crippen LogP) is 3.69. The summed E-state index contributed by atoms with van der Waals surface area (Å²) in [6, 6.07) is 13.7. The zero-order valence-electron chi connectivity index (χ0n) is 18.1. The van der Waals surface area contributed by atoms with E-state index in [-0.39, 0.29) is 12.3 Å². The van der Waals surface area contributed by atoms with Gasteiger partial charge in [-0.05, 0) is 24.3 Å². The number of aryl methyl sites for hydroxylation is 1. The number of anilines is 1. The van der Waals surface area contributed by atoms with Gasteiger partial charge in [0.15, 0.2) is 17.2 Å². The number of carbonyl (C=O) groups excluding carboxylic acids is 1. The number of rotatable bonds is 5. The average molecular weight is 432 g/mol. The van der Waals surface area contributed by atoms with Gasteiger partial charge in [0.25, 0.3) is 0 Å². The van der Waals surface area contributed by atoms with Gasteiger partial charge in [0, 0.05) is 50.2 Å². The Morgan fingerprint density at radius 1 is 1.12 bits per heavy atom. The molecular formula is C24H24N4O4. The van der Waals surface area contributed by atoms with Crippen LogP contribution in [-0.2, 0) is 11.2 Å². The average Bonchev–Trinajstić information content (AvgIpc) is 3.45. The highest BCUT2D eigenvalue weighted by Crippen LogP contribution is 2.34. The molecule has 0 N–H and O–H groups in total. The molecule has 1 aliphatic heterocycles. The zero-order valence-corrected chi connectivity index (χ0v) is 18.1. The van der Waals surface area contributed by atoms with Gasteiger partial charge in [0.1, 0.15) is 11.4 Å². The lowest BCUT2D eigenvalue weighted by Crippen LogP contribution is -2.49. The van der Waals surface area contributed by atoms with E-state index in [1.807, 2.05) is 48.2 Å². The highest BCUT2D eigenvalue weighted by Gasteiger charge is 2.24. The molecule has 164 valence electrons. The van der Waals surface area contributed by atoms with Gasteiger partial charge in [-0.3, -0.25) is 4.79 Å². The Morgan fingerprint density at radius 2 is 1.94 bits per heavy atom. The zero-order chi connectivity index (χ0) is 22.1. The summed E-state index contributed by atoms with van der Waals surface area (Å²) in [5, 5.41) is 4.98. The highest BCUT2D eigenvalue weighted by atomic mass is 16.5. The van der Waals surface area contributed by atoms with E-state index in [0.29, 0.717) is 36.0 Å². The molecule has 1 fully saturated rings. The van der Waals surface area contributed by atoms with Crippen molar-refractivity contribution in [2.24, 2.45) is 0 Å². The van der Waals surface area contributed by atoms with Crippen molar-refractivity contribution in [3.63, 3.8) is 0 Å². The maximum absolute atomic E-state index is 12.8. The number of amides is 1. The number of benzene rings is 2. The monoisotopic (exact) mass is 432 g/mol. The number of piperazine rings is 1. The number of aromatic nitrogens is 2. The van der Waals surface area contributed by atoms with Crippen LogP contribution in [0.5, 0.6) is 5.75 Å². The van der Waals surface area contributed by atoms with Gasteiger partial charge in [0.05, 0.1) is 25.3 Å². The normalized spacial score (nSPS) is 14.2. The third-order valence-corrected chi connectivity index (χ3v) is 5.84. The molecule has 1 amide bonds. The molecule has 0 unspecified atom stereocenters. The Hall–Kier alpha value is -3.81. The lowest BCUT2D eigenvalue weighted by molar-refractivity contribution is -0.130. The van der Waals surface area contributed by atoms with Gasteiger partial charge in [-0.25, -0.2) is 4.98 Å². The Balaban J connectivity index is 1.25. The molecule has 5 rings (SSSR count). The van der Waals surface area contributed by atoms with E-state index >= 15 is 0 Å². The molecule has 2 aromatic heterocycles. The summed E-state index contributed by atoms with van der Waals surface area (Å²) in [4.78, 5) is 21.2. The number of hydrogen-bond donors (Lipinski definition) is 0. The predicted molar refractivity (Wildman–Crippen MR) is 120 cm³/mol. The molecule has 0 atom stereocenters. The third-order valence-electron chi connectivity index (χ3n) is 5.84. The number of ether oxygens (including phenoxy) is 1. The minimum Gasteiger partial charge on any atom is -0.496 e. The molecule has 3 heterocycles. The fourth-order valence-electron chi connectivity index (χ4n) is 4.10. The largest absolute Gasteiger partial charge is 0.496 e. The summed E-state index contributed by atoms with van der Waals surface area (Å²) in [6.45, 7) is 4.61. The van der Waals surface area contributed by atoms with Crippen LogP contribution in [0.3, 0.4) is 0 Å². The quantitative estimate of drug-likeness (QED) is 0.475. The van der Waals surface area contributed by atoms with Crippen molar-refractivity contribution >= 4 is 22.6 Å². The molecule has 0 aliphatic carbocycles. The number of nitrogens with zero attached hydrogens (tertiary/aromatic N) is 4. The van der Waals surface area contributed by atoms with Crippen molar-refractivity contribution in [2.45, 2.75) is 13.3 Å². The van der Waals surface area contributed by atoms with Crippen LogP contribution >= 0.6 is 0 Å². The summed E-state index contributed by atoms with van der Waals surface area (Å²) in [7, 11) is 1.65. The SMILES string of the molecule is COc1cc(N2CCN(C(=O)Cc3noc4ccccc34)CC2)ccc1-c1cnc(C)o1. The Morgan fingerprint density at radius 3 is 2.69 bits per heavy atom. The van der Waals surface area contributed by atoms with Crippen molar-refractivity contribution in [3.05, 3.63) is 60.2 Å². The van der Waals surface area contributed by atoms with E-state index in [2.05, 4.69) is 21.1 Å². The molecule has 0 radical (unpaired) electrons. The fraction of sp³-hybridized carbons (Fsp3) is 0.292. The lowest BCUT2D eigenvalue weighted by Gasteiger charge is -2.36. The summed E-state index contributed by atoms with van der Waals surface area (Å²) < 4.78 is 16.6. The van der Waals surface area contributed by atoms with E-state index in [9.17, 15) is 4.79 Å². The van der Waals surface area contributed by atoms with Crippen LogP contribution in [-0.4, -0.2) is 54.2 Å². The van der Waals surface area contributed by atoms with Crippen LogP contribution in [0, 0.1) is 6.92 Å². The molecule has 8 nitrogen and oxygen atoms in total. The maximum atomic E-state index is 12.8. The Bertz CT molecular complexity index is 1250. The van der Waals surface area contributed by atoms with Gasteiger partial charge in [-0.1, -0.05) is 17.3 Å². The smallest absolute Gasteiger partial charge is 0.228 e. The molecule has 0 saturated carbocycles. The first-order valence-corrected chi connectivity index (χ1v) is 10.6. The molecule has 0 bridgehead atoms. The first-order chi connectivity index (χ1) is 15.6. The molecule has 1 saturated heterocycles. The first-order valence-electron chi connectivity index (χ1n) is 10.6. The van der Waals surface area contributed by atoms with E-state index in [0.717, 1.165) is 35.5 Å². The second-order valence-electron chi connectivity index (χ2n) is 7.80. The van der Waals surface area contributed by atoms with Crippen molar-refractivity contribution in [1.82, 2.24) is 15.0 Å². The molecule has 1 aliphatic rings. The second kappa shape index (κ2) is 8.37. The van der Waals surface area contributed by atoms with Crippen LogP contribution in [0.25, 0.3) is 22.3 Å². The number of fused-ring (bicyclic) bond motifs is 1. The summed E-state index contributed by atoms with van der Waals surface area (Å²) in [6.07, 6.45) is 1.95. The minimum atomic E-state index is 0.0670. The molecular weight excluding hydrogens is 408 g/mol. The topological polar surface area (TPSA) is 84.8 Å². The van der Waals surface area contributed by atoms with E-state index in [1.165, 1.54) is 0 Å². The molecule has 8 heteroatoms. The van der Waals surface area contributed by atoms with Crippen LogP contribution in [0.4, 0.5) is 5.69 Å². The van der Waals surface area contributed by atoms with E-state index in [1.54, 1.807) is 13.3 Å². The number of carbonyl (C=O) groups is 1.